The van der Waals surface area contributed by atoms with Crippen LogP contribution in [0.2, 0.25) is 0 Å². The Labute approximate surface area is 115 Å². The third-order valence-corrected chi connectivity index (χ3v) is 5.82. The minimum atomic E-state index is -0.0489. The summed E-state index contributed by atoms with van der Waals surface area (Å²) in [5, 5.41) is 0.842. The summed E-state index contributed by atoms with van der Waals surface area (Å²) in [7, 11) is 0. The van der Waals surface area contributed by atoms with E-state index in [2.05, 4.69) is 15.9 Å². The monoisotopic (exact) mass is 319 g/mol. The minimum absolute atomic E-state index is 0.0136. The Hall–Kier alpha value is -0.0300. The highest BCUT2D eigenvalue weighted by Crippen LogP contribution is 2.39. The number of halogens is 1. The average Bonchev–Trinajstić information content (AvgIpc) is 2.35. The van der Waals surface area contributed by atoms with E-state index in [4.69, 9.17) is 0 Å². The average molecular weight is 320 g/mol. The maximum atomic E-state index is 11.8. The van der Waals surface area contributed by atoms with Gasteiger partial charge in [0.05, 0.1) is 0 Å². The standard InChI is InChI=1S/C12H18BrNO2S/c13-8-12(5-2-1-3-6-12)9-14-10(15)4-7-17-11(14)16/h1-9H2. The van der Waals surface area contributed by atoms with Crippen molar-refractivity contribution in [1.29, 1.82) is 0 Å². The van der Waals surface area contributed by atoms with Gasteiger partial charge in [0.15, 0.2) is 0 Å². The molecule has 1 heterocycles. The second-order valence-electron chi connectivity index (χ2n) is 5.04. The highest BCUT2D eigenvalue weighted by molar-refractivity contribution is 9.09. The molecule has 1 aliphatic carbocycles. The maximum Gasteiger partial charge on any atom is 0.288 e. The molecule has 3 nitrogen and oxygen atoms in total. The predicted octanol–water partition coefficient (Wildman–Crippen LogP) is 3.42. The zero-order chi connectivity index (χ0) is 12.3. The van der Waals surface area contributed by atoms with Crippen LogP contribution in [-0.4, -0.2) is 33.7 Å². The molecule has 0 spiro atoms. The highest BCUT2D eigenvalue weighted by Gasteiger charge is 2.37. The lowest BCUT2D eigenvalue weighted by atomic mass is 9.75. The number of nitrogens with zero attached hydrogens (tertiary/aromatic N) is 1. The normalized spacial score (nSPS) is 25.1. The Morgan fingerprint density at radius 2 is 1.94 bits per heavy atom. The molecule has 5 heteroatoms. The van der Waals surface area contributed by atoms with Crippen molar-refractivity contribution < 1.29 is 9.59 Å². The molecule has 96 valence electrons. The summed E-state index contributed by atoms with van der Waals surface area (Å²) in [6.45, 7) is 0.614. The van der Waals surface area contributed by atoms with Crippen molar-refractivity contribution in [1.82, 2.24) is 4.90 Å². The second kappa shape index (κ2) is 5.74. The van der Waals surface area contributed by atoms with Gasteiger partial charge in [0.1, 0.15) is 0 Å². The van der Waals surface area contributed by atoms with E-state index < -0.39 is 0 Å². The van der Waals surface area contributed by atoms with Crippen LogP contribution in [-0.2, 0) is 4.79 Å². The van der Waals surface area contributed by atoms with Gasteiger partial charge in [0.25, 0.3) is 5.24 Å². The zero-order valence-corrected chi connectivity index (χ0v) is 12.3. The van der Waals surface area contributed by atoms with Crippen molar-refractivity contribution in [2.75, 3.05) is 17.6 Å². The molecule has 1 aliphatic heterocycles. The largest absolute Gasteiger partial charge is 0.288 e. The Kier molecular flexibility index (Phi) is 4.53. The third-order valence-electron chi connectivity index (χ3n) is 3.75. The number of amides is 2. The van der Waals surface area contributed by atoms with E-state index in [1.165, 1.54) is 35.9 Å². The Morgan fingerprint density at radius 1 is 1.24 bits per heavy atom. The molecule has 17 heavy (non-hydrogen) atoms. The summed E-state index contributed by atoms with van der Waals surface area (Å²) in [4.78, 5) is 25.1. The fraction of sp³-hybridized carbons (Fsp3) is 0.833. The smallest absolute Gasteiger partial charge is 0.274 e. The van der Waals surface area contributed by atoms with Crippen LogP contribution in [0.5, 0.6) is 0 Å². The van der Waals surface area contributed by atoms with Gasteiger partial charge in [0.2, 0.25) is 5.91 Å². The Morgan fingerprint density at radius 3 is 2.53 bits per heavy atom. The number of alkyl halides is 1. The van der Waals surface area contributed by atoms with Gasteiger partial charge in [-0.15, -0.1) is 0 Å². The van der Waals surface area contributed by atoms with E-state index >= 15 is 0 Å². The molecule has 0 aromatic rings. The first-order valence-electron chi connectivity index (χ1n) is 6.20. The zero-order valence-electron chi connectivity index (χ0n) is 9.91. The summed E-state index contributed by atoms with van der Waals surface area (Å²) in [6, 6.07) is 0. The third kappa shape index (κ3) is 3.05. The first kappa shape index (κ1) is 13.4. The number of carbonyl (C=O) groups is 2. The quantitative estimate of drug-likeness (QED) is 0.748. The number of hydrogen-bond donors (Lipinski definition) is 0. The second-order valence-corrected chi connectivity index (χ2v) is 6.65. The van der Waals surface area contributed by atoms with Crippen LogP contribution >= 0.6 is 27.7 Å². The molecule has 0 N–H and O–H groups in total. The van der Waals surface area contributed by atoms with Crippen LogP contribution < -0.4 is 0 Å². The summed E-state index contributed by atoms with van der Waals surface area (Å²) in [5.74, 6) is 0.662. The minimum Gasteiger partial charge on any atom is -0.274 e. The molecule has 1 saturated heterocycles. The molecule has 0 unspecified atom stereocenters. The Balaban J connectivity index is 2.06. The summed E-state index contributed by atoms with van der Waals surface area (Å²) < 4.78 is 0. The molecule has 2 amide bonds. The van der Waals surface area contributed by atoms with E-state index in [0.29, 0.717) is 18.7 Å². The summed E-state index contributed by atoms with van der Waals surface area (Å²) >= 11 is 4.86. The number of rotatable bonds is 3. The molecular formula is C12H18BrNO2S. The lowest BCUT2D eigenvalue weighted by molar-refractivity contribution is -0.129. The molecule has 0 aromatic carbocycles. The van der Waals surface area contributed by atoms with Crippen LogP contribution in [0.3, 0.4) is 0 Å². The maximum absolute atomic E-state index is 11.8. The van der Waals surface area contributed by atoms with Crippen LogP contribution in [0, 0.1) is 5.41 Å². The van der Waals surface area contributed by atoms with Gasteiger partial charge >= 0.3 is 0 Å². The molecule has 0 radical (unpaired) electrons. The number of hydrogen-bond acceptors (Lipinski definition) is 3. The number of imide groups is 1. The molecule has 0 bridgehead atoms. The Bertz CT molecular complexity index is 300. The highest BCUT2D eigenvalue weighted by atomic mass is 79.9. The molecular weight excluding hydrogens is 302 g/mol. The topological polar surface area (TPSA) is 37.4 Å². The van der Waals surface area contributed by atoms with Crippen molar-refractivity contribution in [3.8, 4) is 0 Å². The van der Waals surface area contributed by atoms with Gasteiger partial charge < -0.3 is 0 Å². The van der Waals surface area contributed by atoms with Crippen LogP contribution in [0.1, 0.15) is 38.5 Å². The van der Waals surface area contributed by atoms with E-state index in [-0.39, 0.29) is 16.6 Å². The molecule has 1 saturated carbocycles. The van der Waals surface area contributed by atoms with Crippen LogP contribution in [0.4, 0.5) is 4.79 Å². The van der Waals surface area contributed by atoms with Crippen molar-refractivity contribution in [2.45, 2.75) is 38.5 Å². The lowest BCUT2D eigenvalue weighted by Gasteiger charge is -2.40. The molecule has 2 rings (SSSR count). The molecule has 2 fully saturated rings. The van der Waals surface area contributed by atoms with Crippen molar-refractivity contribution in [3.05, 3.63) is 0 Å². The molecule has 2 aliphatic rings. The van der Waals surface area contributed by atoms with Gasteiger partial charge in [0, 0.05) is 24.0 Å². The van der Waals surface area contributed by atoms with Crippen LogP contribution in [0.15, 0.2) is 0 Å². The summed E-state index contributed by atoms with van der Waals surface area (Å²) in [6.07, 6.45) is 6.48. The predicted molar refractivity (Wildman–Crippen MR) is 73.5 cm³/mol. The van der Waals surface area contributed by atoms with Gasteiger partial charge in [-0.05, 0) is 18.3 Å². The lowest BCUT2D eigenvalue weighted by Crippen LogP contribution is -2.47. The van der Waals surface area contributed by atoms with Crippen molar-refractivity contribution in [2.24, 2.45) is 5.41 Å². The van der Waals surface area contributed by atoms with E-state index in [9.17, 15) is 9.59 Å². The van der Waals surface area contributed by atoms with Gasteiger partial charge in [-0.3, -0.25) is 14.5 Å². The molecule has 0 atom stereocenters. The van der Waals surface area contributed by atoms with E-state index in [1.54, 1.807) is 0 Å². The summed E-state index contributed by atoms with van der Waals surface area (Å²) in [5.41, 5.74) is 0.126. The van der Waals surface area contributed by atoms with Gasteiger partial charge in [-0.25, -0.2) is 0 Å². The first-order chi connectivity index (χ1) is 8.17. The molecule has 0 aromatic heterocycles. The van der Waals surface area contributed by atoms with Gasteiger partial charge in [-0.1, -0.05) is 47.0 Å². The van der Waals surface area contributed by atoms with Crippen molar-refractivity contribution >= 4 is 38.8 Å². The van der Waals surface area contributed by atoms with E-state index in [0.717, 1.165) is 18.2 Å². The van der Waals surface area contributed by atoms with Crippen molar-refractivity contribution in [3.63, 3.8) is 0 Å². The first-order valence-corrected chi connectivity index (χ1v) is 8.31. The number of thioether (sulfide) groups is 1. The van der Waals surface area contributed by atoms with E-state index in [1.807, 2.05) is 0 Å². The SMILES string of the molecule is O=C1CCSC(=O)N1CC1(CBr)CCCCC1. The van der Waals surface area contributed by atoms with Gasteiger partial charge in [-0.2, -0.15) is 0 Å². The van der Waals surface area contributed by atoms with Crippen LogP contribution in [0.25, 0.3) is 0 Å². The fourth-order valence-electron chi connectivity index (χ4n) is 2.66. The number of carbonyl (C=O) groups excluding carboxylic acids is 2. The fourth-order valence-corrected chi connectivity index (χ4v) is 4.18.